The molecule has 2 aromatic rings. The van der Waals surface area contributed by atoms with Gasteiger partial charge in [-0.05, 0) is 43.3 Å². The fraction of sp³-hybridized carbons (Fsp3) is 0.231. The smallest absolute Gasteiger partial charge is 0.240 e. The van der Waals surface area contributed by atoms with Crippen LogP contribution in [-0.4, -0.2) is 25.7 Å². The average Bonchev–Trinajstić information content (AvgIpc) is 2.47. The van der Waals surface area contributed by atoms with Gasteiger partial charge in [0.05, 0.1) is 29.9 Å². The summed E-state index contributed by atoms with van der Waals surface area (Å²) in [5.74, 6) is 0.605. The van der Waals surface area contributed by atoms with E-state index in [1.165, 1.54) is 19.2 Å². The Kier molecular flexibility index (Phi) is 4.31. The molecule has 7 heteroatoms. The molecule has 1 aromatic carbocycles. The minimum atomic E-state index is -3.57. The number of nitrogens with one attached hydrogen (secondary N) is 1. The first-order chi connectivity index (χ1) is 9.51. The minimum absolute atomic E-state index is 0.0989. The van der Waals surface area contributed by atoms with Crippen molar-refractivity contribution in [3.05, 3.63) is 47.8 Å². The Bertz CT molecular complexity index is 667. The number of ether oxygens (including phenoxy) is 1. The Balaban J connectivity index is 2.08. The second-order valence-corrected chi connectivity index (χ2v) is 5.93. The van der Waals surface area contributed by atoms with Gasteiger partial charge in [0, 0.05) is 0 Å². The van der Waals surface area contributed by atoms with Crippen molar-refractivity contribution in [2.45, 2.75) is 18.4 Å². The van der Waals surface area contributed by atoms with Crippen molar-refractivity contribution in [3.8, 4) is 5.75 Å². The molecule has 106 valence electrons. The molecule has 0 unspecified atom stereocenters. The molecule has 0 aliphatic rings. The lowest BCUT2D eigenvalue weighted by atomic mass is 10.3. The molecule has 0 saturated heterocycles. The first-order valence-electron chi connectivity index (χ1n) is 5.94. The summed E-state index contributed by atoms with van der Waals surface area (Å²) in [6.45, 7) is 1.92. The van der Waals surface area contributed by atoms with E-state index in [-0.39, 0.29) is 11.4 Å². The van der Waals surface area contributed by atoms with Crippen LogP contribution in [0, 0.1) is 6.92 Å². The molecular formula is C13H15N3O3S. The number of hydrogen-bond acceptors (Lipinski definition) is 5. The SMILES string of the molecule is COc1ccc(S(=O)(=O)NCc2ccc(C)nn2)cc1. The van der Waals surface area contributed by atoms with Crippen LogP contribution in [0.5, 0.6) is 5.75 Å². The predicted octanol–water partition coefficient (Wildman–Crippen LogP) is 1.27. The number of nitrogens with zero attached hydrogens (tertiary/aromatic N) is 2. The lowest BCUT2D eigenvalue weighted by Gasteiger charge is -2.07. The highest BCUT2D eigenvalue weighted by Gasteiger charge is 2.13. The van der Waals surface area contributed by atoms with Crippen LogP contribution < -0.4 is 9.46 Å². The number of benzene rings is 1. The molecule has 0 fully saturated rings. The molecule has 0 saturated carbocycles. The van der Waals surface area contributed by atoms with Crippen LogP contribution in [0.2, 0.25) is 0 Å². The summed E-state index contributed by atoms with van der Waals surface area (Å²) in [4.78, 5) is 0.179. The topological polar surface area (TPSA) is 81.2 Å². The molecule has 1 heterocycles. The van der Waals surface area contributed by atoms with E-state index in [1.807, 2.05) is 6.92 Å². The van der Waals surface area contributed by atoms with Crippen LogP contribution in [-0.2, 0) is 16.6 Å². The minimum Gasteiger partial charge on any atom is -0.497 e. The van der Waals surface area contributed by atoms with Gasteiger partial charge in [0.1, 0.15) is 5.75 Å². The van der Waals surface area contributed by atoms with Gasteiger partial charge >= 0.3 is 0 Å². The van der Waals surface area contributed by atoms with Gasteiger partial charge in [-0.25, -0.2) is 13.1 Å². The van der Waals surface area contributed by atoms with Crippen molar-refractivity contribution in [1.29, 1.82) is 0 Å². The van der Waals surface area contributed by atoms with Crippen LogP contribution in [0.3, 0.4) is 0 Å². The summed E-state index contributed by atoms with van der Waals surface area (Å²) >= 11 is 0. The lowest BCUT2D eigenvalue weighted by molar-refractivity contribution is 0.414. The highest BCUT2D eigenvalue weighted by atomic mass is 32.2. The predicted molar refractivity (Wildman–Crippen MR) is 73.8 cm³/mol. The Morgan fingerprint density at radius 1 is 1.10 bits per heavy atom. The van der Waals surface area contributed by atoms with Crippen molar-refractivity contribution in [2.24, 2.45) is 0 Å². The molecule has 6 nitrogen and oxygen atoms in total. The van der Waals surface area contributed by atoms with E-state index in [4.69, 9.17) is 4.74 Å². The van der Waals surface area contributed by atoms with Crippen molar-refractivity contribution >= 4 is 10.0 Å². The molecule has 1 aromatic heterocycles. The van der Waals surface area contributed by atoms with Crippen molar-refractivity contribution in [3.63, 3.8) is 0 Å². The van der Waals surface area contributed by atoms with E-state index >= 15 is 0 Å². The van der Waals surface area contributed by atoms with E-state index in [1.54, 1.807) is 24.3 Å². The third-order valence-electron chi connectivity index (χ3n) is 2.67. The van der Waals surface area contributed by atoms with E-state index in [9.17, 15) is 8.42 Å². The summed E-state index contributed by atoms with van der Waals surface area (Å²) in [6, 6.07) is 9.69. The normalized spacial score (nSPS) is 11.3. The van der Waals surface area contributed by atoms with Crippen LogP contribution in [0.4, 0.5) is 0 Å². The van der Waals surface area contributed by atoms with Gasteiger partial charge in [-0.2, -0.15) is 10.2 Å². The van der Waals surface area contributed by atoms with Crippen LogP contribution >= 0.6 is 0 Å². The Hall–Kier alpha value is -1.99. The van der Waals surface area contributed by atoms with E-state index in [0.29, 0.717) is 11.4 Å². The highest BCUT2D eigenvalue weighted by Crippen LogP contribution is 2.15. The van der Waals surface area contributed by atoms with Crippen molar-refractivity contribution in [2.75, 3.05) is 7.11 Å². The molecule has 0 spiro atoms. The third kappa shape index (κ3) is 3.52. The molecule has 0 aliphatic carbocycles. The summed E-state index contributed by atoms with van der Waals surface area (Å²) in [5.41, 5.74) is 1.35. The molecule has 0 amide bonds. The van der Waals surface area contributed by atoms with Crippen LogP contribution in [0.25, 0.3) is 0 Å². The van der Waals surface area contributed by atoms with Gasteiger partial charge in [-0.1, -0.05) is 0 Å². The molecular weight excluding hydrogens is 278 g/mol. The first-order valence-corrected chi connectivity index (χ1v) is 7.42. The Labute approximate surface area is 117 Å². The zero-order valence-corrected chi connectivity index (χ0v) is 12.0. The number of methoxy groups -OCH3 is 1. The number of sulfonamides is 1. The van der Waals surface area contributed by atoms with Gasteiger partial charge < -0.3 is 4.74 Å². The van der Waals surface area contributed by atoms with Crippen molar-refractivity contribution in [1.82, 2.24) is 14.9 Å². The fourth-order valence-electron chi connectivity index (χ4n) is 1.53. The van der Waals surface area contributed by atoms with Crippen molar-refractivity contribution < 1.29 is 13.2 Å². The molecule has 0 bridgehead atoms. The van der Waals surface area contributed by atoms with E-state index < -0.39 is 10.0 Å². The van der Waals surface area contributed by atoms with E-state index in [2.05, 4.69) is 14.9 Å². The summed E-state index contributed by atoms with van der Waals surface area (Å²) in [5, 5.41) is 7.78. The maximum absolute atomic E-state index is 12.1. The third-order valence-corrected chi connectivity index (χ3v) is 4.08. The summed E-state index contributed by atoms with van der Waals surface area (Å²) in [6.07, 6.45) is 0. The molecule has 0 radical (unpaired) electrons. The molecule has 1 N–H and O–H groups in total. The Morgan fingerprint density at radius 2 is 1.80 bits per heavy atom. The second kappa shape index (κ2) is 5.98. The fourth-order valence-corrected chi connectivity index (χ4v) is 2.53. The van der Waals surface area contributed by atoms with Gasteiger partial charge in [-0.3, -0.25) is 0 Å². The number of aromatic nitrogens is 2. The molecule has 0 aliphatic heterocycles. The van der Waals surface area contributed by atoms with Crippen LogP contribution in [0.1, 0.15) is 11.4 Å². The van der Waals surface area contributed by atoms with Gasteiger partial charge in [-0.15, -0.1) is 0 Å². The van der Waals surface area contributed by atoms with Gasteiger partial charge in [0.15, 0.2) is 0 Å². The second-order valence-electron chi connectivity index (χ2n) is 4.17. The van der Waals surface area contributed by atoms with E-state index in [0.717, 1.165) is 5.69 Å². The van der Waals surface area contributed by atoms with Gasteiger partial charge in [0.25, 0.3) is 0 Å². The average molecular weight is 293 g/mol. The summed E-state index contributed by atoms with van der Waals surface area (Å²) < 4.78 is 31.6. The van der Waals surface area contributed by atoms with Gasteiger partial charge in [0.2, 0.25) is 10.0 Å². The highest BCUT2D eigenvalue weighted by molar-refractivity contribution is 7.89. The largest absolute Gasteiger partial charge is 0.497 e. The quantitative estimate of drug-likeness (QED) is 0.898. The standard InChI is InChI=1S/C13H15N3O3S/c1-10-3-4-11(16-15-10)9-14-20(17,18)13-7-5-12(19-2)6-8-13/h3-8,14H,9H2,1-2H3. The molecule has 0 atom stereocenters. The number of hydrogen-bond donors (Lipinski definition) is 1. The number of rotatable bonds is 5. The monoisotopic (exact) mass is 293 g/mol. The maximum atomic E-state index is 12.1. The number of aryl methyl sites for hydroxylation is 1. The summed E-state index contributed by atoms with van der Waals surface area (Å²) in [7, 11) is -2.04. The zero-order valence-electron chi connectivity index (χ0n) is 11.2. The molecule has 2 rings (SSSR count). The Morgan fingerprint density at radius 3 is 2.35 bits per heavy atom. The zero-order chi connectivity index (χ0) is 14.6. The lowest BCUT2D eigenvalue weighted by Crippen LogP contribution is -2.23. The molecule has 20 heavy (non-hydrogen) atoms. The van der Waals surface area contributed by atoms with Crippen LogP contribution in [0.15, 0.2) is 41.3 Å². The maximum Gasteiger partial charge on any atom is 0.240 e. The first kappa shape index (κ1) is 14.4.